The fourth-order valence-corrected chi connectivity index (χ4v) is 3.11. The Labute approximate surface area is 152 Å². The summed E-state index contributed by atoms with van der Waals surface area (Å²) in [4.78, 5) is 12.5. The molecular formula is C16H17F3N8. The van der Waals surface area contributed by atoms with Gasteiger partial charge in [-0.25, -0.2) is 9.97 Å². The Morgan fingerprint density at radius 1 is 0.926 bits per heavy atom. The number of anilines is 2. The summed E-state index contributed by atoms with van der Waals surface area (Å²) in [6.07, 6.45) is -2.24. The number of rotatable bonds is 2. The molecule has 0 aliphatic carbocycles. The minimum absolute atomic E-state index is 0.0685. The SMILES string of the molecule is Cc1cc(N2CCCN(c3ccc4nnc(C(F)(F)F)n4n3)CC2)ncn1. The molecule has 0 amide bonds. The van der Waals surface area contributed by atoms with E-state index >= 15 is 0 Å². The van der Waals surface area contributed by atoms with Crippen molar-refractivity contribution >= 4 is 17.3 Å². The molecule has 4 rings (SSSR count). The molecule has 0 radical (unpaired) electrons. The topological polar surface area (TPSA) is 75.3 Å². The van der Waals surface area contributed by atoms with Crippen LogP contribution in [0.1, 0.15) is 17.9 Å². The number of fused-ring (bicyclic) bond motifs is 1. The second-order valence-corrected chi connectivity index (χ2v) is 6.33. The number of aromatic nitrogens is 6. The lowest BCUT2D eigenvalue weighted by atomic mass is 10.3. The number of halogens is 3. The van der Waals surface area contributed by atoms with E-state index in [4.69, 9.17) is 0 Å². The second kappa shape index (κ2) is 6.63. The molecule has 0 N–H and O–H groups in total. The predicted molar refractivity (Wildman–Crippen MR) is 91.6 cm³/mol. The van der Waals surface area contributed by atoms with Crippen molar-refractivity contribution in [3.63, 3.8) is 0 Å². The molecule has 0 bridgehead atoms. The van der Waals surface area contributed by atoms with Crippen molar-refractivity contribution in [2.75, 3.05) is 36.0 Å². The quantitative estimate of drug-likeness (QED) is 0.675. The number of hydrogen-bond acceptors (Lipinski definition) is 7. The van der Waals surface area contributed by atoms with Crippen molar-refractivity contribution in [2.45, 2.75) is 19.5 Å². The second-order valence-electron chi connectivity index (χ2n) is 6.33. The van der Waals surface area contributed by atoms with Crippen molar-refractivity contribution in [1.82, 2.24) is 29.8 Å². The molecule has 142 valence electrons. The Balaban J connectivity index is 1.57. The molecule has 1 saturated heterocycles. The van der Waals surface area contributed by atoms with Gasteiger partial charge in [-0.1, -0.05) is 0 Å². The molecule has 0 spiro atoms. The van der Waals surface area contributed by atoms with Gasteiger partial charge in [0.15, 0.2) is 5.65 Å². The molecule has 0 saturated carbocycles. The highest BCUT2D eigenvalue weighted by atomic mass is 19.4. The molecule has 1 aliphatic heterocycles. The maximum atomic E-state index is 13.1. The largest absolute Gasteiger partial charge is 0.453 e. The van der Waals surface area contributed by atoms with E-state index in [0.717, 1.165) is 29.0 Å². The first-order chi connectivity index (χ1) is 12.9. The molecule has 4 heterocycles. The Bertz CT molecular complexity index is 954. The number of alkyl halides is 3. The first-order valence-corrected chi connectivity index (χ1v) is 8.50. The Kier molecular flexibility index (Phi) is 4.28. The zero-order chi connectivity index (χ0) is 19.0. The molecular weight excluding hydrogens is 361 g/mol. The van der Waals surface area contributed by atoms with E-state index in [2.05, 4.69) is 30.2 Å². The highest BCUT2D eigenvalue weighted by Crippen LogP contribution is 2.28. The van der Waals surface area contributed by atoms with Crippen molar-refractivity contribution < 1.29 is 13.2 Å². The minimum atomic E-state index is -4.61. The summed E-state index contributed by atoms with van der Waals surface area (Å²) >= 11 is 0. The van der Waals surface area contributed by atoms with Crippen LogP contribution in [0.3, 0.4) is 0 Å². The van der Waals surface area contributed by atoms with Crippen LogP contribution < -0.4 is 9.80 Å². The monoisotopic (exact) mass is 378 g/mol. The first kappa shape index (κ1) is 17.4. The van der Waals surface area contributed by atoms with Gasteiger partial charge in [-0.2, -0.15) is 17.7 Å². The summed E-state index contributed by atoms with van der Waals surface area (Å²) in [5.74, 6) is 0.201. The first-order valence-electron chi connectivity index (χ1n) is 8.50. The number of hydrogen-bond donors (Lipinski definition) is 0. The standard InChI is InChI=1S/C16H17F3N8/c1-11-9-14(21-10-20-11)26-6-2-5-25(7-8-26)13-4-3-12-22-23-15(16(17,18)19)27(12)24-13/h3-4,9-10H,2,5-8H2,1H3. The summed E-state index contributed by atoms with van der Waals surface area (Å²) in [5.41, 5.74) is 0.958. The van der Waals surface area contributed by atoms with Crippen molar-refractivity contribution in [1.29, 1.82) is 0 Å². The predicted octanol–water partition coefficient (Wildman–Crippen LogP) is 1.96. The van der Waals surface area contributed by atoms with Crippen LogP contribution >= 0.6 is 0 Å². The van der Waals surface area contributed by atoms with E-state index in [1.807, 2.05) is 17.9 Å². The van der Waals surface area contributed by atoms with E-state index < -0.39 is 12.0 Å². The van der Waals surface area contributed by atoms with Gasteiger partial charge in [0.2, 0.25) is 0 Å². The third-order valence-electron chi connectivity index (χ3n) is 4.44. The lowest BCUT2D eigenvalue weighted by molar-refractivity contribution is -0.146. The molecule has 0 unspecified atom stereocenters. The third kappa shape index (κ3) is 3.49. The molecule has 11 heteroatoms. The van der Waals surface area contributed by atoms with E-state index in [9.17, 15) is 13.2 Å². The van der Waals surface area contributed by atoms with Gasteiger partial charge in [-0.15, -0.1) is 15.3 Å². The third-order valence-corrected chi connectivity index (χ3v) is 4.44. The van der Waals surface area contributed by atoms with Gasteiger partial charge in [0.25, 0.3) is 5.82 Å². The summed E-state index contributed by atoms with van der Waals surface area (Å²) in [6, 6.07) is 5.10. The van der Waals surface area contributed by atoms with Crippen LogP contribution in [0.5, 0.6) is 0 Å². The van der Waals surface area contributed by atoms with Gasteiger partial charge >= 0.3 is 6.18 Å². The van der Waals surface area contributed by atoms with Gasteiger partial charge in [-0.3, -0.25) is 0 Å². The van der Waals surface area contributed by atoms with E-state index in [1.165, 1.54) is 12.4 Å². The van der Waals surface area contributed by atoms with Crippen LogP contribution in [0.15, 0.2) is 24.5 Å². The van der Waals surface area contributed by atoms with E-state index in [0.29, 0.717) is 25.5 Å². The summed E-state index contributed by atoms with van der Waals surface area (Å²) in [5, 5.41) is 10.9. The zero-order valence-electron chi connectivity index (χ0n) is 14.6. The van der Waals surface area contributed by atoms with Gasteiger partial charge in [0.05, 0.1) is 0 Å². The maximum Gasteiger partial charge on any atom is 0.453 e. The van der Waals surface area contributed by atoms with Gasteiger partial charge < -0.3 is 9.80 Å². The van der Waals surface area contributed by atoms with Crippen LogP contribution in [-0.2, 0) is 6.18 Å². The van der Waals surface area contributed by atoms with Crippen LogP contribution in [0, 0.1) is 6.92 Å². The normalized spacial score (nSPS) is 16.0. The van der Waals surface area contributed by atoms with Crippen LogP contribution in [0.2, 0.25) is 0 Å². The number of aryl methyl sites for hydroxylation is 1. The van der Waals surface area contributed by atoms with Crippen LogP contribution in [-0.4, -0.2) is 56.0 Å². The highest BCUT2D eigenvalue weighted by Gasteiger charge is 2.37. The molecule has 0 aromatic carbocycles. The summed E-state index contributed by atoms with van der Waals surface area (Å²) in [6.45, 7) is 4.69. The van der Waals surface area contributed by atoms with Crippen LogP contribution in [0.25, 0.3) is 5.65 Å². The van der Waals surface area contributed by atoms with Gasteiger partial charge in [0.1, 0.15) is 18.0 Å². The average Bonchev–Trinajstić information content (AvgIpc) is 2.90. The summed E-state index contributed by atoms with van der Waals surface area (Å²) < 4.78 is 40.0. The fraction of sp³-hybridized carbons (Fsp3) is 0.438. The highest BCUT2D eigenvalue weighted by molar-refractivity contribution is 5.47. The van der Waals surface area contributed by atoms with Gasteiger partial charge in [0, 0.05) is 37.9 Å². The molecule has 0 atom stereocenters. The lowest BCUT2D eigenvalue weighted by Gasteiger charge is -2.23. The number of nitrogens with zero attached hydrogens (tertiary/aromatic N) is 8. The molecule has 27 heavy (non-hydrogen) atoms. The molecule has 8 nitrogen and oxygen atoms in total. The Hall–Kier alpha value is -2.98. The Morgan fingerprint density at radius 2 is 1.67 bits per heavy atom. The average molecular weight is 378 g/mol. The lowest BCUT2D eigenvalue weighted by Crippen LogP contribution is -2.32. The zero-order valence-corrected chi connectivity index (χ0v) is 14.6. The van der Waals surface area contributed by atoms with Crippen LogP contribution in [0.4, 0.5) is 24.8 Å². The van der Waals surface area contributed by atoms with Crippen molar-refractivity contribution in [3.8, 4) is 0 Å². The molecule has 1 fully saturated rings. The molecule has 3 aromatic heterocycles. The van der Waals surface area contributed by atoms with E-state index in [-0.39, 0.29) is 5.65 Å². The smallest absolute Gasteiger partial charge is 0.355 e. The molecule has 1 aliphatic rings. The summed E-state index contributed by atoms with van der Waals surface area (Å²) in [7, 11) is 0. The van der Waals surface area contributed by atoms with Crippen molar-refractivity contribution in [3.05, 3.63) is 36.0 Å². The van der Waals surface area contributed by atoms with Gasteiger partial charge in [-0.05, 0) is 25.5 Å². The molecule has 3 aromatic rings. The van der Waals surface area contributed by atoms with E-state index in [1.54, 1.807) is 6.07 Å². The fourth-order valence-electron chi connectivity index (χ4n) is 3.11. The maximum absolute atomic E-state index is 13.1. The minimum Gasteiger partial charge on any atom is -0.355 e. The Morgan fingerprint density at radius 3 is 2.37 bits per heavy atom. The van der Waals surface area contributed by atoms with Crippen molar-refractivity contribution in [2.24, 2.45) is 0 Å².